The van der Waals surface area contributed by atoms with Gasteiger partial charge in [0.05, 0.1) is 37.7 Å². The summed E-state index contributed by atoms with van der Waals surface area (Å²) in [4.78, 5) is 28.2. The Labute approximate surface area is 228 Å². The second-order valence-electron chi connectivity index (χ2n) is 10.4. The molecule has 0 spiro atoms. The number of anilines is 2. The van der Waals surface area contributed by atoms with Crippen molar-refractivity contribution in [3.63, 3.8) is 0 Å². The molecule has 2 aromatic heterocycles. The molecular formula is C29H36N6O4. The third kappa shape index (κ3) is 5.49. The van der Waals surface area contributed by atoms with Crippen LogP contribution in [-0.2, 0) is 9.53 Å². The van der Waals surface area contributed by atoms with Crippen molar-refractivity contribution >= 4 is 28.3 Å². The van der Waals surface area contributed by atoms with Crippen LogP contribution in [0.1, 0.15) is 38.5 Å². The highest BCUT2D eigenvalue weighted by atomic mass is 16.5. The highest BCUT2D eigenvalue weighted by molar-refractivity contribution is 5.90. The fourth-order valence-corrected chi connectivity index (χ4v) is 5.93. The number of rotatable bonds is 7. The summed E-state index contributed by atoms with van der Waals surface area (Å²) in [6.45, 7) is 4.25. The van der Waals surface area contributed by atoms with Gasteiger partial charge in [0.25, 0.3) is 0 Å². The quantitative estimate of drug-likeness (QED) is 0.448. The fraction of sp³-hybridized carbons (Fsp3) is 0.517. The van der Waals surface area contributed by atoms with Gasteiger partial charge < -0.3 is 19.1 Å². The Kier molecular flexibility index (Phi) is 7.74. The van der Waals surface area contributed by atoms with Gasteiger partial charge in [0.15, 0.2) is 17.3 Å². The van der Waals surface area contributed by atoms with E-state index in [0.29, 0.717) is 30.6 Å². The fourth-order valence-electron chi connectivity index (χ4n) is 5.93. The number of ether oxygens (including phenoxy) is 3. The second-order valence-corrected chi connectivity index (χ2v) is 10.4. The molecular weight excluding hydrogens is 496 g/mol. The molecule has 0 unspecified atom stereocenters. The number of pyridine rings is 1. The molecule has 0 radical (unpaired) electrons. The molecule has 0 bridgehead atoms. The number of fused-ring (bicyclic) bond motifs is 1. The molecule has 6 rings (SSSR count). The van der Waals surface area contributed by atoms with Gasteiger partial charge in [-0.15, -0.1) is 0 Å². The van der Waals surface area contributed by atoms with Gasteiger partial charge in [0, 0.05) is 62.6 Å². The van der Waals surface area contributed by atoms with Gasteiger partial charge in [-0.25, -0.2) is 15.0 Å². The first kappa shape index (κ1) is 25.8. The van der Waals surface area contributed by atoms with E-state index >= 15 is 0 Å². The summed E-state index contributed by atoms with van der Waals surface area (Å²) in [5.41, 5.74) is 1.69. The molecule has 10 nitrogen and oxygen atoms in total. The Hall–Kier alpha value is -3.50. The molecule has 1 aromatic carbocycles. The van der Waals surface area contributed by atoms with Gasteiger partial charge in [-0.2, -0.15) is 0 Å². The summed E-state index contributed by atoms with van der Waals surface area (Å²) in [5, 5.41) is 5.27. The number of hydrogen-bond acceptors (Lipinski definition) is 9. The van der Waals surface area contributed by atoms with Crippen molar-refractivity contribution in [1.82, 2.24) is 24.9 Å². The molecule has 39 heavy (non-hydrogen) atoms. The number of nitrogens with zero attached hydrogens (tertiary/aromatic N) is 6. The van der Waals surface area contributed by atoms with E-state index in [0.717, 1.165) is 74.3 Å². The molecule has 0 atom stereocenters. The van der Waals surface area contributed by atoms with Crippen LogP contribution >= 0.6 is 0 Å². The lowest BCUT2D eigenvalue weighted by Gasteiger charge is -2.38. The Bertz CT molecular complexity index is 1280. The van der Waals surface area contributed by atoms with Crippen LogP contribution in [0.15, 0.2) is 43.0 Å². The largest absolute Gasteiger partial charge is 0.493 e. The average molecular weight is 533 g/mol. The van der Waals surface area contributed by atoms with Gasteiger partial charge in [-0.1, -0.05) is 12.8 Å². The number of likely N-dealkylation sites (tertiary alicyclic amines) is 1. The third-order valence-electron chi connectivity index (χ3n) is 8.03. The maximum atomic E-state index is 12.8. The van der Waals surface area contributed by atoms with Gasteiger partial charge in [0.2, 0.25) is 5.91 Å². The summed E-state index contributed by atoms with van der Waals surface area (Å²) in [6, 6.07) is 7.96. The van der Waals surface area contributed by atoms with Crippen molar-refractivity contribution < 1.29 is 19.0 Å². The van der Waals surface area contributed by atoms with Gasteiger partial charge >= 0.3 is 0 Å². The minimum Gasteiger partial charge on any atom is -0.493 e. The Morgan fingerprint density at radius 3 is 2.56 bits per heavy atom. The lowest BCUT2D eigenvalue weighted by molar-refractivity contribution is -0.137. The van der Waals surface area contributed by atoms with E-state index in [1.54, 1.807) is 25.8 Å². The molecule has 2 saturated heterocycles. The number of methoxy groups -OCH3 is 1. The smallest absolute Gasteiger partial charge is 0.225 e. The first-order valence-electron chi connectivity index (χ1n) is 14.0. The van der Waals surface area contributed by atoms with E-state index in [2.05, 4.69) is 25.0 Å². The zero-order valence-corrected chi connectivity index (χ0v) is 22.5. The van der Waals surface area contributed by atoms with E-state index in [9.17, 15) is 4.79 Å². The van der Waals surface area contributed by atoms with Crippen molar-refractivity contribution in [2.45, 2.75) is 44.6 Å². The molecule has 0 N–H and O–H groups in total. The number of hydrazine groups is 1. The number of piperidine rings is 1. The number of morpholine rings is 1. The van der Waals surface area contributed by atoms with Crippen LogP contribution < -0.4 is 14.5 Å². The molecule has 3 fully saturated rings. The van der Waals surface area contributed by atoms with Crippen LogP contribution in [0.25, 0.3) is 10.9 Å². The summed E-state index contributed by atoms with van der Waals surface area (Å²) < 4.78 is 17.9. The normalized spacial score (nSPS) is 19.4. The second kappa shape index (κ2) is 11.7. The highest BCUT2D eigenvalue weighted by Gasteiger charge is 2.31. The molecule has 3 aliphatic rings. The SMILES string of the molecule is COc1cc(N(c2ncnc3cnccc23)N2CCOCC2)ccc1OC1CCN(C(=O)C2CCCC2)CC1. The Morgan fingerprint density at radius 2 is 1.79 bits per heavy atom. The first-order valence-corrected chi connectivity index (χ1v) is 14.0. The number of carbonyl (C=O) groups excluding carboxylic acids is 1. The Balaban J connectivity index is 1.22. The number of hydrogen-bond donors (Lipinski definition) is 0. The molecule has 4 heterocycles. The lowest BCUT2D eigenvalue weighted by atomic mass is 10.0. The van der Waals surface area contributed by atoms with Crippen molar-refractivity contribution in [2.24, 2.45) is 5.92 Å². The lowest BCUT2D eigenvalue weighted by Crippen LogP contribution is -2.47. The number of amides is 1. The molecule has 206 valence electrons. The van der Waals surface area contributed by atoms with E-state index < -0.39 is 0 Å². The molecule has 3 aromatic rings. The number of carbonyl (C=O) groups is 1. The van der Waals surface area contributed by atoms with Crippen molar-refractivity contribution in [2.75, 3.05) is 51.5 Å². The molecule has 10 heteroatoms. The summed E-state index contributed by atoms with van der Waals surface area (Å²) in [7, 11) is 1.67. The predicted molar refractivity (Wildman–Crippen MR) is 147 cm³/mol. The zero-order valence-electron chi connectivity index (χ0n) is 22.5. The van der Waals surface area contributed by atoms with E-state index in [1.165, 1.54) is 12.8 Å². The molecule has 1 aliphatic carbocycles. The van der Waals surface area contributed by atoms with Crippen molar-refractivity contribution in [1.29, 1.82) is 0 Å². The highest BCUT2D eigenvalue weighted by Crippen LogP contribution is 2.38. The van der Waals surface area contributed by atoms with Gasteiger partial charge in [0.1, 0.15) is 12.4 Å². The predicted octanol–water partition coefficient (Wildman–Crippen LogP) is 3.98. The average Bonchev–Trinajstić information content (AvgIpc) is 3.54. The van der Waals surface area contributed by atoms with Crippen LogP contribution in [0.3, 0.4) is 0 Å². The van der Waals surface area contributed by atoms with E-state index in [1.807, 2.05) is 29.2 Å². The number of aromatic nitrogens is 3. The van der Waals surface area contributed by atoms with Gasteiger partial charge in [-0.3, -0.25) is 14.8 Å². The minimum absolute atomic E-state index is 0.0473. The Morgan fingerprint density at radius 1 is 1.00 bits per heavy atom. The topological polar surface area (TPSA) is 93.2 Å². The van der Waals surface area contributed by atoms with Crippen molar-refractivity contribution in [3.8, 4) is 11.5 Å². The molecule has 1 amide bonds. The minimum atomic E-state index is 0.0473. The van der Waals surface area contributed by atoms with Gasteiger partial charge in [-0.05, 0) is 31.0 Å². The van der Waals surface area contributed by atoms with E-state index in [-0.39, 0.29) is 12.0 Å². The van der Waals surface area contributed by atoms with Crippen LogP contribution in [0.2, 0.25) is 0 Å². The van der Waals surface area contributed by atoms with Crippen molar-refractivity contribution in [3.05, 3.63) is 43.0 Å². The third-order valence-corrected chi connectivity index (χ3v) is 8.03. The monoisotopic (exact) mass is 532 g/mol. The number of benzene rings is 1. The van der Waals surface area contributed by atoms with E-state index in [4.69, 9.17) is 14.2 Å². The van der Waals surface area contributed by atoms with Crippen LogP contribution in [0.5, 0.6) is 11.5 Å². The standard InChI is InChI=1S/C29H36N6O4/c1-37-27-18-22(6-7-26(27)39-23-9-12-33(13-10-23)29(36)21-4-2-3-5-21)35(34-14-16-38-17-15-34)28-24-8-11-30-19-25(24)31-20-32-28/h6-8,11,18-21,23H,2-5,9-10,12-17H2,1H3. The summed E-state index contributed by atoms with van der Waals surface area (Å²) in [6.07, 6.45) is 11.2. The molecule has 2 aliphatic heterocycles. The maximum Gasteiger partial charge on any atom is 0.225 e. The summed E-state index contributed by atoms with van der Waals surface area (Å²) in [5.74, 6) is 2.71. The first-order chi connectivity index (χ1) is 19.2. The van der Waals surface area contributed by atoms with Crippen LogP contribution in [0, 0.1) is 5.92 Å². The maximum absolute atomic E-state index is 12.8. The van der Waals surface area contributed by atoms with Crippen LogP contribution in [-0.4, -0.2) is 83.4 Å². The zero-order chi connectivity index (χ0) is 26.6. The van der Waals surface area contributed by atoms with Crippen LogP contribution in [0.4, 0.5) is 11.5 Å². The summed E-state index contributed by atoms with van der Waals surface area (Å²) >= 11 is 0. The molecule has 1 saturated carbocycles.